The third kappa shape index (κ3) is 3.98. The molecule has 2 nitrogen and oxygen atoms in total. The Hall–Kier alpha value is -0.0800. The Balaban J connectivity index is 1.44. The van der Waals surface area contributed by atoms with Gasteiger partial charge in [0.25, 0.3) is 0 Å². The quantitative estimate of drug-likeness (QED) is 0.816. The van der Waals surface area contributed by atoms with Gasteiger partial charge in [-0.25, -0.2) is 0 Å². The largest absolute Gasteiger partial charge is 0.381 e. The first-order chi connectivity index (χ1) is 9.93. The van der Waals surface area contributed by atoms with Crippen molar-refractivity contribution in [2.24, 2.45) is 17.8 Å². The first-order valence-corrected chi connectivity index (χ1v) is 9.24. The molecule has 1 heterocycles. The topological polar surface area (TPSA) is 21.3 Å². The van der Waals surface area contributed by atoms with Crippen molar-refractivity contribution in [3.8, 4) is 0 Å². The van der Waals surface area contributed by atoms with E-state index < -0.39 is 0 Å². The fourth-order valence-corrected chi connectivity index (χ4v) is 4.82. The SMILES string of the molecule is C1CCC(C2CCCCC2NCCC2CCOC2)CC1. The van der Waals surface area contributed by atoms with Gasteiger partial charge in [-0.05, 0) is 50.0 Å². The number of hydrogen-bond donors (Lipinski definition) is 1. The molecule has 2 heteroatoms. The minimum Gasteiger partial charge on any atom is -0.381 e. The van der Waals surface area contributed by atoms with E-state index in [4.69, 9.17) is 4.74 Å². The summed E-state index contributed by atoms with van der Waals surface area (Å²) in [6.45, 7) is 3.24. The molecular weight excluding hydrogens is 246 g/mol. The molecule has 0 radical (unpaired) electrons. The second kappa shape index (κ2) is 7.79. The lowest BCUT2D eigenvalue weighted by molar-refractivity contribution is 0.147. The van der Waals surface area contributed by atoms with Gasteiger partial charge in [0.2, 0.25) is 0 Å². The summed E-state index contributed by atoms with van der Waals surface area (Å²) in [5, 5.41) is 3.94. The smallest absolute Gasteiger partial charge is 0.0495 e. The van der Waals surface area contributed by atoms with Gasteiger partial charge in [-0.2, -0.15) is 0 Å². The molecule has 20 heavy (non-hydrogen) atoms. The lowest BCUT2D eigenvalue weighted by Crippen LogP contribution is -2.43. The van der Waals surface area contributed by atoms with Crippen LogP contribution >= 0.6 is 0 Å². The summed E-state index contributed by atoms with van der Waals surface area (Å²) in [4.78, 5) is 0. The molecule has 1 N–H and O–H groups in total. The highest BCUT2D eigenvalue weighted by atomic mass is 16.5. The van der Waals surface area contributed by atoms with Crippen LogP contribution < -0.4 is 5.32 Å². The van der Waals surface area contributed by atoms with Gasteiger partial charge in [-0.15, -0.1) is 0 Å². The Bertz CT molecular complexity index is 269. The maximum Gasteiger partial charge on any atom is 0.0495 e. The van der Waals surface area contributed by atoms with Crippen molar-refractivity contribution in [1.29, 1.82) is 0 Å². The van der Waals surface area contributed by atoms with Gasteiger partial charge in [-0.3, -0.25) is 0 Å². The molecule has 3 unspecified atom stereocenters. The highest BCUT2D eigenvalue weighted by molar-refractivity contribution is 4.87. The summed E-state index contributed by atoms with van der Waals surface area (Å²) < 4.78 is 5.49. The van der Waals surface area contributed by atoms with Gasteiger partial charge in [0.15, 0.2) is 0 Å². The Kier molecular flexibility index (Phi) is 5.78. The molecule has 0 aromatic rings. The first-order valence-electron chi connectivity index (χ1n) is 9.24. The molecule has 3 rings (SSSR count). The second-order valence-electron chi connectivity index (χ2n) is 7.43. The van der Waals surface area contributed by atoms with E-state index in [1.54, 1.807) is 0 Å². The average Bonchev–Trinajstić information content (AvgIpc) is 3.02. The van der Waals surface area contributed by atoms with Crippen LogP contribution in [0.5, 0.6) is 0 Å². The van der Waals surface area contributed by atoms with E-state index in [1.165, 1.54) is 77.2 Å². The third-order valence-corrected chi connectivity index (χ3v) is 6.06. The van der Waals surface area contributed by atoms with E-state index in [9.17, 15) is 0 Å². The van der Waals surface area contributed by atoms with E-state index in [0.717, 1.165) is 37.0 Å². The molecule has 0 spiro atoms. The van der Waals surface area contributed by atoms with Crippen LogP contribution in [0.3, 0.4) is 0 Å². The highest BCUT2D eigenvalue weighted by Crippen LogP contribution is 2.38. The second-order valence-corrected chi connectivity index (χ2v) is 7.43. The van der Waals surface area contributed by atoms with Crippen molar-refractivity contribution in [2.45, 2.75) is 76.7 Å². The van der Waals surface area contributed by atoms with Crippen LogP contribution in [0.1, 0.15) is 70.6 Å². The van der Waals surface area contributed by atoms with Gasteiger partial charge in [-0.1, -0.05) is 44.9 Å². The molecule has 0 aromatic heterocycles. The van der Waals surface area contributed by atoms with E-state index in [-0.39, 0.29) is 0 Å². The minimum atomic E-state index is 0.828. The summed E-state index contributed by atoms with van der Waals surface area (Å²) in [5.74, 6) is 2.86. The summed E-state index contributed by atoms with van der Waals surface area (Å²) in [6.07, 6.45) is 16.0. The van der Waals surface area contributed by atoms with Crippen LogP contribution in [-0.2, 0) is 4.74 Å². The lowest BCUT2D eigenvalue weighted by atomic mass is 9.71. The zero-order valence-corrected chi connectivity index (χ0v) is 13.1. The van der Waals surface area contributed by atoms with E-state index in [0.29, 0.717) is 0 Å². The van der Waals surface area contributed by atoms with Crippen LogP contribution in [-0.4, -0.2) is 25.8 Å². The summed E-state index contributed by atoms with van der Waals surface area (Å²) >= 11 is 0. The summed E-state index contributed by atoms with van der Waals surface area (Å²) in [7, 11) is 0. The third-order valence-electron chi connectivity index (χ3n) is 6.06. The highest BCUT2D eigenvalue weighted by Gasteiger charge is 2.32. The fraction of sp³-hybridized carbons (Fsp3) is 1.00. The van der Waals surface area contributed by atoms with Gasteiger partial charge in [0, 0.05) is 19.3 Å². The van der Waals surface area contributed by atoms with Gasteiger partial charge in [0.05, 0.1) is 0 Å². The maximum atomic E-state index is 5.49. The Morgan fingerprint density at radius 3 is 2.45 bits per heavy atom. The van der Waals surface area contributed by atoms with Crippen LogP contribution in [0, 0.1) is 17.8 Å². The molecule has 1 saturated heterocycles. The fourth-order valence-electron chi connectivity index (χ4n) is 4.82. The van der Waals surface area contributed by atoms with Gasteiger partial charge < -0.3 is 10.1 Å². The molecular formula is C18H33NO. The predicted octanol–water partition coefficient (Wildman–Crippen LogP) is 4.14. The average molecular weight is 279 g/mol. The Morgan fingerprint density at radius 1 is 0.850 bits per heavy atom. The molecule has 0 aromatic carbocycles. The normalized spacial score (nSPS) is 36.3. The van der Waals surface area contributed by atoms with Crippen LogP contribution in [0.2, 0.25) is 0 Å². The number of hydrogen-bond acceptors (Lipinski definition) is 2. The van der Waals surface area contributed by atoms with Crippen LogP contribution in [0.4, 0.5) is 0 Å². The molecule has 1 aliphatic heterocycles. The maximum absolute atomic E-state index is 5.49. The monoisotopic (exact) mass is 279 g/mol. The minimum absolute atomic E-state index is 0.828. The first kappa shape index (κ1) is 14.8. The molecule has 2 saturated carbocycles. The van der Waals surface area contributed by atoms with Crippen LogP contribution in [0.25, 0.3) is 0 Å². The molecule has 3 aliphatic rings. The van der Waals surface area contributed by atoms with Crippen molar-refractivity contribution < 1.29 is 4.74 Å². The summed E-state index contributed by atoms with van der Waals surface area (Å²) in [6, 6.07) is 0.828. The number of rotatable bonds is 5. The van der Waals surface area contributed by atoms with E-state index in [1.807, 2.05) is 0 Å². The van der Waals surface area contributed by atoms with Crippen molar-refractivity contribution in [2.75, 3.05) is 19.8 Å². The van der Waals surface area contributed by atoms with E-state index in [2.05, 4.69) is 5.32 Å². The van der Waals surface area contributed by atoms with Crippen LogP contribution in [0.15, 0.2) is 0 Å². The molecule has 116 valence electrons. The number of nitrogens with one attached hydrogen (secondary N) is 1. The molecule has 0 bridgehead atoms. The zero-order valence-electron chi connectivity index (χ0n) is 13.1. The van der Waals surface area contributed by atoms with Crippen molar-refractivity contribution in [1.82, 2.24) is 5.32 Å². The zero-order chi connectivity index (χ0) is 13.6. The lowest BCUT2D eigenvalue weighted by Gasteiger charge is -2.39. The molecule has 3 atom stereocenters. The van der Waals surface area contributed by atoms with Crippen molar-refractivity contribution >= 4 is 0 Å². The molecule has 0 amide bonds. The predicted molar refractivity (Wildman–Crippen MR) is 83.9 cm³/mol. The summed E-state index contributed by atoms with van der Waals surface area (Å²) in [5.41, 5.74) is 0. The number of ether oxygens (including phenoxy) is 1. The molecule has 3 fully saturated rings. The standard InChI is InChI=1S/C18H33NO/c1-2-6-16(7-3-1)17-8-4-5-9-18(17)19-12-10-15-11-13-20-14-15/h15-19H,1-14H2. The molecule has 2 aliphatic carbocycles. The van der Waals surface area contributed by atoms with Crippen molar-refractivity contribution in [3.05, 3.63) is 0 Å². The van der Waals surface area contributed by atoms with Gasteiger partial charge >= 0.3 is 0 Å². The Labute approximate surface area is 125 Å². The van der Waals surface area contributed by atoms with Gasteiger partial charge in [0.1, 0.15) is 0 Å². The Morgan fingerprint density at radius 2 is 1.65 bits per heavy atom. The van der Waals surface area contributed by atoms with E-state index >= 15 is 0 Å². The van der Waals surface area contributed by atoms with Crippen molar-refractivity contribution in [3.63, 3.8) is 0 Å².